The summed E-state index contributed by atoms with van der Waals surface area (Å²) in [5, 5.41) is 0. The molecule has 1 unspecified atom stereocenters. The minimum atomic E-state index is 0.0734. The van der Waals surface area contributed by atoms with Gasteiger partial charge in [0.15, 0.2) is 0 Å². The van der Waals surface area contributed by atoms with Gasteiger partial charge in [0.1, 0.15) is 5.75 Å². The molecule has 1 atom stereocenters. The van der Waals surface area contributed by atoms with Gasteiger partial charge in [0.25, 0.3) is 0 Å². The third-order valence-corrected chi connectivity index (χ3v) is 5.42. The molecule has 2 rings (SSSR count). The van der Waals surface area contributed by atoms with Crippen LogP contribution in [0.25, 0.3) is 0 Å². The molecule has 1 aliphatic rings. The molecule has 0 spiro atoms. The number of benzene rings is 1. The van der Waals surface area contributed by atoms with E-state index in [1.165, 1.54) is 43.2 Å². The van der Waals surface area contributed by atoms with Gasteiger partial charge < -0.3 is 10.5 Å². The molecule has 0 amide bonds. The summed E-state index contributed by atoms with van der Waals surface area (Å²) in [6.07, 6.45) is 7.87. The molecular formula is C17H26BrNO. The molecule has 20 heavy (non-hydrogen) atoms. The van der Waals surface area contributed by atoms with E-state index < -0.39 is 0 Å². The normalized spacial score (nSPS) is 18.1. The van der Waals surface area contributed by atoms with E-state index >= 15 is 0 Å². The Kier molecular flexibility index (Phi) is 5.50. The Morgan fingerprint density at radius 3 is 2.55 bits per heavy atom. The van der Waals surface area contributed by atoms with Crippen LogP contribution in [0.1, 0.15) is 61.3 Å². The molecule has 2 N–H and O–H groups in total. The van der Waals surface area contributed by atoms with Gasteiger partial charge in [0.2, 0.25) is 0 Å². The van der Waals surface area contributed by atoms with Gasteiger partial charge in [-0.25, -0.2) is 0 Å². The van der Waals surface area contributed by atoms with Crippen LogP contribution in [0, 0.1) is 19.8 Å². The van der Waals surface area contributed by atoms with Crippen LogP contribution in [0.3, 0.4) is 0 Å². The Morgan fingerprint density at radius 2 is 1.95 bits per heavy atom. The van der Waals surface area contributed by atoms with Gasteiger partial charge in [-0.1, -0.05) is 48.0 Å². The van der Waals surface area contributed by atoms with Gasteiger partial charge in [0.05, 0.1) is 7.11 Å². The van der Waals surface area contributed by atoms with Crippen LogP contribution in [0.2, 0.25) is 0 Å². The summed E-state index contributed by atoms with van der Waals surface area (Å²) < 4.78 is 6.75. The highest BCUT2D eigenvalue weighted by molar-refractivity contribution is 9.10. The maximum Gasteiger partial charge on any atom is 0.126 e. The van der Waals surface area contributed by atoms with Crippen molar-refractivity contribution >= 4 is 15.9 Å². The van der Waals surface area contributed by atoms with E-state index in [0.29, 0.717) is 0 Å². The third-order valence-electron chi connectivity index (χ3n) is 4.60. The van der Waals surface area contributed by atoms with Crippen molar-refractivity contribution in [1.82, 2.24) is 0 Å². The summed E-state index contributed by atoms with van der Waals surface area (Å²) in [7, 11) is 1.74. The number of nitrogens with two attached hydrogens (primary N) is 1. The lowest BCUT2D eigenvalue weighted by Crippen LogP contribution is -2.19. The van der Waals surface area contributed by atoms with E-state index in [1.54, 1.807) is 7.11 Å². The highest BCUT2D eigenvalue weighted by Crippen LogP contribution is 2.39. The van der Waals surface area contributed by atoms with Gasteiger partial charge in [-0.3, -0.25) is 0 Å². The Labute approximate surface area is 131 Å². The quantitative estimate of drug-likeness (QED) is 0.833. The molecule has 0 aromatic heterocycles. The standard InChI is InChI=1S/C17H26BrNO/c1-11-9-14(18)12(2)16(17(11)20-3)15(19)10-13-7-5-4-6-8-13/h9,13,15H,4-8,10,19H2,1-3H3. The maximum atomic E-state index is 6.54. The number of rotatable bonds is 4. The van der Waals surface area contributed by atoms with Crippen molar-refractivity contribution in [3.8, 4) is 5.75 Å². The number of hydrogen-bond acceptors (Lipinski definition) is 2. The second-order valence-electron chi connectivity index (χ2n) is 6.09. The highest BCUT2D eigenvalue weighted by Gasteiger charge is 2.23. The molecule has 1 aromatic carbocycles. The predicted octanol–water partition coefficient (Wildman–Crippen LogP) is 5.04. The lowest BCUT2D eigenvalue weighted by atomic mass is 9.82. The van der Waals surface area contributed by atoms with E-state index in [0.717, 1.165) is 28.1 Å². The Morgan fingerprint density at radius 1 is 1.30 bits per heavy atom. The van der Waals surface area contributed by atoms with Gasteiger partial charge in [0, 0.05) is 16.1 Å². The van der Waals surface area contributed by atoms with E-state index in [9.17, 15) is 0 Å². The molecule has 3 heteroatoms. The molecule has 0 bridgehead atoms. The zero-order chi connectivity index (χ0) is 14.7. The van der Waals surface area contributed by atoms with E-state index in [4.69, 9.17) is 10.5 Å². The lowest BCUT2D eigenvalue weighted by Gasteiger charge is -2.27. The van der Waals surface area contributed by atoms with Crippen molar-refractivity contribution in [3.63, 3.8) is 0 Å². The van der Waals surface area contributed by atoms with E-state index in [1.807, 2.05) is 0 Å². The van der Waals surface area contributed by atoms with Crippen LogP contribution in [0.5, 0.6) is 5.75 Å². The fourth-order valence-electron chi connectivity index (χ4n) is 3.49. The average Bonchev–Trinajstić information content (AvgIpc) is 2.43. The molecular weight excluding hydrogens is 314 g/mol. The minimum absolute atomic E-state index is 0.0734. The van der Waals surface area contributed by atoms with Gasteiger partial charge in [-0.15, -0.1) is 0 Å². The number of ether oxygens (including phenoxy) is 1. The van der Waals surface area contributed by atoms with E-state index in [-0.39, 0.29) is 6.04 Å². The monoisotopic (exact) mass is 339 g/mol. The number of aryl methyl sites for hydroxylation is 1. The topological polar surface area (TPSA) is 35.2 Å². The molecule has 1 saturated carbocycles. The Bertz CT molecular complexity index is 467. The maximum absolute atomic E-state index is 6.54. The molecule has 0 saturated heterocycles. The van der Waals surface area contributed by atoms with Crippen molar-refractivity contribution in [1.29, 1.82) is 0 Å². The van der Waals surface area contributed by atoms with Crippen molar-refractivity contribution in [2.75, 3.05) is 7.11 Å². The summed E-state index contributed by atoms with van der Waals surface area (Å²) in [6.45, 7) is 4.21. The molecule has 1 aromatic rings. The second kappa shape index (κ2) is 6.95. The van der Waals surface area contributed by atoms with Gasteiger partial charge >= 0.3 is 0 Å². The van der Waals surface area contributed by atoms with Crippen LogP contribution < -0.4 is 10.5 Å². The second-order valence-corrected chi connectivity index (χ2v) is 6.95. The van der Waals surface area contributed by atoms with Gasteiger partial charge in [-0.05, 0) is 43.4 Å². The Hall–Kier alpha value is -0.540. The summed E-state index contributed by atoms with van der Waals surface area (Å²) in [4.78, 5) is 0. The van der Waals surface area contributed by atoms with Crippen LogP contribution in [-0.4, -0.2) is 7.11 Å². The molecule has 112 valence electrons. The van der Waals surface area contributed by atoms with Crippen LogP contribution in [0.15, 0.2) is 10.5 Å². The highest BCUT2D eigenvalue weighted by atomic mass is 79.9. The molecule has 0 radical (unpaired) electrons. The first-order valence-corrected chi connectivity index (χ1v) is 8.43. The van der Waals surface area contributed by atoms with Crippen molar-refractivity contribution in [2.24, 2.45) is 11.7 Å². The molecule has 0 heterocycles. The van der Waals surface area contributed by atoms with E-state index in [2.05, 4.69) is 35.8 Å². The fraction of sp³-hybridized carbons (Fsp3) is 0.647. The first kappa shape index (κ1) is 15.8. The lowest BCUT2D eigenvalue weighted by molar-refractivity contribution is 0.314. The SMILES string of the molecule is COc1c(C)cc(Br)c(C)c1C(N)CC1CCCCC1. The molecule has 2 nitrogen and oxygen atoms in total. The first-order chi connectivity index (χ1) is 9.54. The summed E-state index contributed by atoms with van der Waals surface area (Å²) in [5.41, 5.74) is 10.1. The smallest absolute Gasteiger partial charge is 0.126 e. The first-order valence-electron chi connectivity index (χ1n) is 7.63. The number of hydrogen-bond donors (Lipinski definition) is 1. The largest absolute Gasteiger partial charge is 0.496 e. The molecule has 1 fully saturated rings. The Balaban J connectivity index is 2.25. The van der Waals surface area contributed by atoms with Crippen LogP contribution >= 0.6 is 15.9 Å². The van der Waals surface area contributed by atoms with Gasteiger partial charge in [-0.2, -0.15) is 0 Å². The number of methoxy groups -OCH3 is 1. The van der Waals surface area contributed by atoms with Crippen molar-refractivity contribution in [2.45, 2.75) is 58.4 Å². The summed E-state index contributed by atoms with van der Waals surface area (Å²) in [6, 6.07) is 2.19. The minimum Gasteiger partial charge on any atom is -0.496 e. The number of halogens is 1. The summed E-state index contributed by atoms with van der Waals surface area (Å²) in [5.74, 6) is 1.75. The zero-order valence-electron chi connectivity index (χ0n) is 12.8. The zero-order valence-corrected chi connectivity index (χ0v) is 14.4. The fourth-order valence-corrected chi connectivity index (χ4v) is 4.05. The van der Waals surface area contributed by atoms with Crippen molar-refractivity contribution in [3.05, 3.63) is 27.2 Å². The average molecular weight is 340 g/mol. The third kappa shape index (κ3) is 3.37. The molecule has 1 aliphatic carbocycles. The van der Waals surface area contributed by atoms with Crippen molar-refractivity contribution < 1.29 is 4.74 Å². The van der Waals surface area contributed by atoms with Crippen LogP contribution in [0.4, 0.5) is 0 Å². The molecule has 0 aliphatic heterocycles. The summed E-state index contributed by atoms with van der Waals surface area (Å²) >= 11 is 3.64. The van der Waals surface area contributed by atoms with Crippen LogP contribution in [-0.2, 0) is 0 Å². The predicted molar refractivity (Wildman–Crippen MR) is 88.3 cm³/mol.